The lowest BCUT2D eigenvalue weighted by Gasteiger charge is -2.23. The van der Waals surface area contributed by atoms with Crippen molar-refractivity contribution >= 4 is 17.9 Å². The highest BCUT2D eigenvalue weighted by Gasteiger charge is 2.32. The van der Waals surface area contributed by atoms with Crippen molar-refractivity contribution in [2.24, 2.45) is 5.92 Å². The van der Waals surface area contributed by atoms with Crippen molar-refractivity contribution < 1.29 is 24.3 Å². The zero-order valence-electron chi connectivity index (χ0n) is 10.3. The van der Waals surface area contributed by atoms with E-state index < -0.39 is 18.0 Å². The summed E-state index contributed by atoms with van der Waals surface area (Å²) in [6.07, 6.45) is -0.582. The molecule has 1 aliphatic rings. The van der Waals surface area contributed by atoms with E-state index in [2.05, 4.69) is 10.6 Å². The molecule has 0 aromatic rings. The third kappa shape index (κ3) is 3.59. The molecule has 0 spiro atoms. The number of amides is 3. The maximum atomic E-state index is 11.8. The summed E-state index contributed by atoms with van der Waals surface area (Å²) >= 11 is 0. The molecule has 1 rings (SSSR count). The van der Waals surface area contributed by atoms with Crippen LogP contribution in [0.4, 0.5) is 4.79 Å². The fourth-order valence-electron chi connectivity index (χ4n) is 1.83. The van der Waals surface area contributed by atoms with E-state index in [4.69, 9.17) is 9.94 Å². The Morgan fingerprint density at radius 2 is 2.33 bits per heavy atom. The topological polar surface area (TPSA) is 108 Å². The van der Waals surface area contributed by atoms with Crippen LogP contribution in [-0.2, 0) is 14.4 Å². The fourth-order valence-corrected chi connectivity index (χ4v) is 1.83. The van der Waals surface area contributed by atoms with Crippen LogP contribution in [-0.4, -0.2) is 54.8 Å². The van der Waals surface area contributed by atoms with E-state index in [1.54, 1.807) is 0 Å². The molecule has 8 heteroatoms. The van der Waals surface area contributed by atoms with Crippen molar-refractivity contribution in [3.05, 3.63) is 0 Å². The predicted octanol–water partition coefficient (Wildman–Crippen LogP) is -0.831. The largest absolute Gasteiger partial charge is 0.465 e. The lowest BCUT2D eigenvalue weighted by Crippen LogP contribution is -2.48. The lowest BCUT2D eigenvalue weighted by molar-refractivity contribution is -0.171. The van der Waals surface area contributed by atoms with Gasteiger partial charge in [-0.25, -0.2) is 9.86 Å². The molecule has 0 bridgehead atoms. The molecule has 0 radical (unpaired) electrons. The van der Waals surface area contributed by atoms with Gasteiger partial charge in [0.1, 0.15) is 6.04 Å². The lowest BCUT2D eigenvalue weighted by atomic mass is 9.98. The molecule has 2 atom stereocenters. The van der Waals surface area contributed by atoms with Crippen LogP contribution in [0.15, 0.2) is 0 Å². The first kappa shape index (κ1) is 14.2. The average Bonchev–Trinajstić information content (AvgIpc) is 2.71. The molecule has 1 fully saturated rings. The normalized spacial score (nSPS) is 20.1. The molecule has 1 unspecified atom stereocenters. The first-order valence-electron chi connectivity index (χ1n) is 5.54. The molecular weight excluding hydrogens is 242 g/mol. The number of hydroxylamine groups is 2. The number of nitrogens with one attached hydrogen (secondary N) is 2. The molecule has 18 heavy (non-hydrogen) atoms. The molecule has 1 heterocycles. The van der Waals surface area contributed by atoms with E-state index in [0.29, 0.717) is 13.0 Å². The van der Waals surface area contributed by atoms with Gasteiger partial charge in [-0.05, 0) is 12.8 Å². The van der Waals surface area contributed by atoms with E-state index in [0.717, 1.165) is 5.06 Å². The van der Waals surface area contributed by atoms with Crippen LogP contribution in [0.3, 0.4) is 0 Å². The number of likely N-dealkylation sites (N-methyl/N-ethyl adjacent to an activating group) is 1. The Morgan fingerprint density at radius 1 is 1.67 bits per heavy atom. The van der Waals surface area contributed by atoms with Gasteiger partial charge in [-0.2, -0.15) is 0 Å². The standard InChI is InChI=1S/C10H17N3O5/c1-13(18-2)9(15)7(12-10(16)17)5-6-3-4-11-8(6)14/h6-7,12H,3-5H2,1-2H3,(H,11,14)(H,16,17)/t6-,7?/m0/s1. The SMILES string of the molecule is CON(C)C(=O)C(C[C@@H]1CCNC1=O)NC(=O)O. The zero-order chi connectivity index (χ0) is 13.7. The maximum absolute atomic E-state index is 11.8. The number of nitrogens with zero attached hydrogens (tertiary/aromatic N) is 1. The number of carboxylic acid groups (broad SMARTS) is 1. The predicted molar refractivity (Wildman–Crippen MR) is 60.5 cm³/mol. The molecule has 0 aromatic carbocycles. The van der Waals surface area contributed by atoms with Crippen LogP contribution in [0.1, 0.15) is 12.8 Å². The number of hydrogen-bond donors (Lipinski definition) is 3. The van der Waals surface area contributed by atoms with E-state index in [1.165, 1.54) is 14.2 Å². The molecule has 0 aromatic heterocycles. The number of carbonyl (C=O) groups excluding carboxylic acids is 2. The molecule has 3 amide bonds. The minimum Gasteiger partial charge on any atom is -0.465 e. The minimum absolute atomic E-state index is 0.130. The molecular formula is C10H17N3O5. The Kier molecular flexibility index (Phi) is 4.90. The average molecular weight is 259 g/mol. The zero-order valence-corrected chi connectivity index (χ0v) is 10.3. The van der Waals surface area contributed by atoms with Gasteiger partial charge in [0, 0.05) is 19.5 Å². The Labute approximate surface area is 104 Å². The second-order valence-corrected chi connectivity index (χ2v) is 4.03. The van der Waals surface area contributed by atoms with Crippen LogP contribution >= 0.6 is 0 Å². The van der Waals surface area contributed by atoms with Gasteiger partial charge >= 0.3 is 6.09 Å². The van der Waals surface area contributed by atoms with Crippen molar-refractivity contribution in [2.45, 2.75) is 18.9 Å². The second kappa shape index (κ2) is 6.20. The van der Waals surface area contributed by atoms with Crippen molar-refractivity contribution in [3.63, 3.8) is 0 Å². The van der Waals surface area contributed by atoms with Gasteiger partial charge in [-0.15, -0.1) is 0 Å². The van der Waals surface area contributed by atoms with Crippen molar-refractivity contribution in [3.8, 4) is 0 Å². The highest BCUT2D eigenvalue weighted by Crippen LogP contribution is 2.17. The van der Waals surface area contributed by atoms with E-state index >= 15 is 0 Å². The van der Waals surface area contributed by atoms with Gasteiger partial charge in [0.2, 0.25) is 5.91 Å². The van der Waals surface area contributed by atoms with Crippen molar-refractivity contribution in [1.82, 2.24) is 15.7 Å². The molecule has 1 saturated heterocycles. The molecule has 8 nitrogen and oxygen atoms in total. The summed E-state index contributed by atoms with van der Waals surface area (Å²) in [6.45, 7) is 0.553. The van der Waals surface area contributed by atoms with Crippen LogP contribution in [0.5, 0.6) is 0 Å². The maximum Gasteiger partial charge on any atom is 0.405 e. The number of carbonyl (C=O) groups is 3. The summed E-state index contributed by atoms with van der Waals surface area (Å²) in [6, 6.07) is -0.985. The van der Waals surface area contributed by atoms with E-state index in [9.17, 15) is 14.4 Å². The summed E-state index contributed by atoms with van der Waals surface area (Å²) in [5.74, 6) is -1.03. The Hall–Kier alpha value is -1.83. The number of rotatable bonds is 5. The molecule has 102 valence electrons. The van der Waals surface area contributed by atoms with Gasteiger partial charge in [0.15, 0.2) is 0 Å². The monoisotopic (exact) mass is 259 g/mol. The third-order valence-electron chi connectivity index (χ3n) is 2.86. The summed E-state index contributed by atoms with van der Waals surface area (Å²) in [5.41, 5.74) is 0. The van der Waals surface area contributed by atoms with E-state index in [-0.39, 0.29) is 18.2 Å². The first-order valence-corrected chi connectivity index (χ1v) is 5.54. The van der Waals surface area contributed by atoms with Gasteiger partial charge in [-0.3, -0.25) is 14.4 Å². The summed E-state index contributed by atoms with van der Waals surface area (Å²) in [4.78, 5) is 38.6. The van der Waals surface area contributed by atoms with Crippen LogP contribution in [0, 0.1) is 5.92 Å². The molecule has 0 aliphatic carbocycles. The van der Waals surface area contributed by atoms with Gasteiger partial charge in [-0.1, -0.05) is 0 Å². The minimum atomic E-state index is -1.31. The van der Waals surface area contributed by atoms with Gasteiger partial charge < -0.3 is 15.7 Å². The molecule has 1 aliphatic heterocycles. The smallest absolute Gasteiger partial charge is 0.405 e. The van der Waals surface area contributed by atoms with Crippen molar-refractivity contribution in [1.29, 1.82) is 0 Å². The third-order valence-corrected chi connectivity index (χ3v) is 2.86. The van der Waals surface area contributed by atoms with Gasteiger partial charge in [0.05, 0.1) is 7.11 Å². The fraction of sp³-hybridized carbons (Fsp3) is 0.700. The van der Waals surface area contributed by atoms with Crippen LogP contribution in [0.25, 0.3) is 0 Å². The summed E-state index contributed by atoms with van der Waals surface area (Å²) in [7, 11) is 2.69. The Bertz CT molecular complexity index is 346. The number of hydrogen-bond acceptors (Lipinski definition) is 4. The Morgan fingerprint density at radius 3 is 2.78 bits per heavy atom. The molecule has 3 N–H and O–H groups in total. The second-order valence-electron chi connectivity index (χ2n) is 4.03. The summed E-state index contributed by atoms with van der Waals surface area (Å²) < 4.78 is 0. The molecule has 0 saturated carbocycles. The quantitative estimate of drug-likeness (QED) is 0.558. The van der Waals surface area contributed by atoms with Crippen LogP contribution < -0.4 is 10.6 Å². The summed E-state index contributed by atoms with van der Waals surface area (Å²) in [5, 5.41) is 14.4. The first-order chi connectivity index (χ1) is 8.45. The Balaban J connectivity index is 2.68. The van der Waals surface area contributed by atoms with Crippen LogP contribution in [0.2, 0.25) is 0 Å². The highest BCUT2D eigenvalue weighted by molar-refractivity contribution is 5.86. The highest BCUT2D eigenvalue weighted by atomic mass is 16.7. The van der Waals surface area contributed by atoms with Crippen molar-refractivity contribution in [2.75, 3.05) is 20.7 Å². The van der Waals surface area contributed by atoms with Gasteiger partial charge in [0.25, 0.3) is 5.91 Å². The van der Waals surface area contributed by atoms with E-state index in [1.807, 2.05) is 0 Å².